The van der Waals surface area contributed by atoms with Crippen LogP contribution in [0.3, 0.4) is 0 Å². The molecule has 0 amide bonds. The second-order valence-corrected chi connectivity index (χ2v) is 10.0. The minimum absolute atomic E-state index is 0.138. The van der Waals surface area contributed by atoms with Gasteiger partial charge in [-0.2, -0.15) is 0 Å². The van der Waals surface area contributed by atoms with Gasteiger partial charge in [0.15, 0.2) is 0 Å². The summed E-state index contributed by atoms with van der Waals surface area (Å²) in [6.45, 7) is 1.69. The Labute approximate surface area is 249 Å². The molecule has 6 heteroatoms. The molecule has 0 spiro atoms. The smallest absolute Gasteiger partial charge is 0.122 e. The third-order valence-corrected chi connectivity index (χ3v) is 6.96. The van der Waals surface area contributed by atoms with Crippen LogP contribution < -0.4 is 0 Å². The molecular weight excluding hydrogens is 528 g/mol. The Balaban J connectivity index is 1.59. The van der Waals surface area contributed by atoms with E-state index in [1.807, 2.05) is 121 Å². The molecule has 4 atom stereocenters. The lowest BCUT2D eigenvalue weighted by Gasteiger charge is -2.36. The molecule has 0 saturated carbocycles. The molecule has 4 aromatic rings. The van der Waals surface area contributed by atoms with Crippen LogP contribution in [0.15, 0.2) is 121 Å². The molecule has 0 aliphatic rings. The molecule has 0 N–H and O–H groups in total. The number of benzene rings is 4. The van der Waals surface area contributed by atoms with E-state index in [-0.39, 0.29) is 13.0 Å². The second kappa shape index (κ2) is 18.0. The van der Waals surface area contributed by atoms with E-state index in [2.05, 4.69) is 0 Å². The van der Waals surface area contributed by atoms with Gasteiger partial charge in [-0.15, -0.1) is 0 Å². The van der Waals surface area contributed by atoms with Crippen molar-refractivity contribution in [2.45, 2.75) is 57.3 Å². The van der Waals surface area contributed by atoms with Gasteiger partial charge in [0.1, 0.15) is 24.6 Å². The summed E-state index contributed by atoms with van der Waals surface area (Å²) in [5.74, 6) is 0. The van der Waals surface area contributed by atoms with Crippen LogP contribution in [0.5, 0.6) is 0 Å². The zero-order valence-electron chi connectivity index (χ0n) is 24.1. The lowest BCUT2D eigenvalue weighted by Crippen LogP contribution is -2.50. The molecule has 4 aromatic carbocycles. The maximum absolute atomic E-state index is 11.9. The van der Waals surface area contributed by atoms with E-state index in [0.29, 0.717) is 26.4 Å². The first-order chi connectivity index (χ1) is 20.8. The summed E-state index contributed by atoms with van der Waals surface area (Å²) >= 11 is 0. The van der Waals surface area contributed by atoms with Crippen LogP contribution in [-0.4, -0.2) is 44.4 Å². The number of hydrogen-bond acceptors (Lipinski definition) is 6. The molecule has 0 fully saturated rings. The SMILES string of the molecule is CO[C@H](COCc1ccccc1)[C@H](OCc1ccccc1)[C@H](OCc1ccccc1)[C@H](CC=O)OCc1ccccc1. The van der Waals surface area contributed by atoms with Gasteiger partial charge >= 0.3 is 0 Å². The summed E-state index contributed by atoms with van der Waals surface area (Å²) in [4.78, 5) is 11.9. The van der Waals surface area contributed by atoms with Gasteiger partial charge in [-0.05, 0) is 22.3 Å². The predicted molar refractivity (Wildman–Crippen MR) is 163 cm³/mol. The summed E-state index contributed by atoms with van der Waals surface area (Å²) in [6.07, 6.45) is -1.30. The highest BCUT2D eigenvalue weighted by atomic mass is 16.6. The zero-order valence-corrected chi connectivity index (χ0v) is 24.1. The van der Waals surface area contributed by atoms with Crippen molar-refractivity contribution >= 4 is 6.29 Å². The molecule has 0 aliphatic carbocycles. The van der Waals surface area contributed by atoms with E-state index < -0.39 is 24.4 Å². The fraction of sp³-hybridized carbons (Fsp3) is 0.306. The van der Waals surface area contributed by atoms with Crippen molar-refractivity contribution in [3.8, 4) is 0 Å². The topological polar surface area (TPSA) is 63.2 Å². The van der Waals surface area contributed by atoms with Gasteiger partial charge in [0.25, 0.3) is 0 Å². The average Bonchev–Trinajstić information content (AvgIpc) is 3.05. The largest absolute Gasteiger partial charge is 0.376 e. The molecule has 0 unspecified atom stereocenters. The Morgan fingerprint density at radius 1 is 0.524 bits per heavy atom. The monoisotopic (exact) mass is 568 g/mol. The molecule has 0 radical (unpaired) electrons. The van der Waals surface area contributed by atoms with E-state index >= 15 is 0 Å². The number of hydrogen-bond donors (Lipinski definition) is 0. The molecule has 0 bridgehead atoms. The first kappa shape index (κ1) is 31.3. The van der Waals surface area contributed by atoms with Crippen molar-refractivity contribution in [1.82, 2.24) is 0 Å². The van der Waals surface area contributed by atoms with E-state index in [1.54, 1.807) is 7.11 Å². The Morgan fingerprint density at radius 3 is 1.31 bits per heavy atom. The van der Waals surface area contributed by atoms with Crippen LogP contribution in [0.4, 0.5) is 0 Å². The Hall–Kier alpha value is -3.65. The van der Waals surface area contributed by atoms with Crippen molar-refractivity contribution in [2.75, 3.05) is 13.7 Å². The van der Waals surface area contributed by atoms with E-state index in [9.17, 15) is 4.79 Å². The molecule has 42 heavy (non-hydrogen) atoms. The van der Waals surface area contributed by atoms with E-state index in [0.717, 1.165) is 28.5 Å². The van der Waals surface area contributed by atoms with Crippen LogP contribution in [0.1, 0.15) is 28.7 Å². The zero-order chi connectivity index (χ0) is 29.2. The molecule has 6 nitrogen and oxygen atoms in total. The highest BCUT2D eigenvalue weighted by molar-refractivity contribution is 5.50. The number of carbonyl (C=O) groups excluding carboxylic acids is 1. The Bertz CT molecular complexity index is 1250. The average molecular weight is 569 g/mol. The second-order valence-electron chi connectivity index (χ2n) is 10.0. The van der Waals surface area contributed by atoms with Gasteiger partial charge in [0.05, 0.1) is 39.1 Å². The Morgan fingerprint density at radius 2 is 0.905 bits per heavy atom. The number of aldehydes is 1. The third kappa shape index (κ3) is 10.3. The van der Waals surface area contributed by atoms with Gasteiger partial charge in [-0.1, -0.05) is 121 Å². The van der Waals surface area contributed by atoms with Gasteiger partial charge in [-0.3, -0.25) is 0 Å². The lowest BCUT2D eigenvalue weighted by atomic mass is 10.00. The molecular formula is C36H40O6. The fourth-order valence-corrected chi connectivity index (χ4v) is 4.69. The van der Waals surface area contributed by atoms with E-state index in [1.165, 1.54) is 0 Å². The first-order valence-corrected chi connectivity index (χ1v) is 14.3. The van der Waals surface area contributed by atoms with Crippen molar-refractivity contribution in [1.29, 1.82) is 0 Å². The maximum atomic E-state index is 11.9. The summed E-state index contributed by atoms with van der Waals surface area (Å²) in [7, 11) is 1.64. The Kier molecular flexibility index (Phi) is 13.4. The summed E-state index contributed by atoms with van der Waals surface area (Å²) in [5, 5.41) is 0. The van der Waals surface area contributed by atoms with Crippen LogP contribution in [0.2, 0.25) is 0 Å². The standard InChI is InChI=1S/C36H40O6/c1-38-34(28-39-24-29-14-6-2-7-15-29)36(42-27-32-20-12-5-13-21-32)35(41-26-31-18-10-4-11-19-31)33(22-23-37)40-25-30-16-8-3-9-17-30/h2-21,23,33-36H,22,24-28H2,1H3/t33-,34+,35+,36-/m0/s1. The van der Waals surface area contributed by atoms with Crippen molar-refractivity contribution in [3.05, 3.63) is 144 Å². The molecule has 220 valence electrons. The maximum Gasteiger partial charge on any atom is 0.122 e. The van der Waals surface area contributed by atoms with Crippen LogP contribution in [-0.2, 0) is 54.9 Å². The quantitative estimate of drug-likeness (QED) is 0.119. The molecule has 0 saturated heterocycles. The van der Waals surface area contributed by atoms with E-state index in [4.69, 9.17) is 23.7 Å². The van der Waals surface area contributed by atoms with Crippen molar-refractivity contribution in [2.24, 2.45) is 0 Å². The number of rotatable bonds is 19. The third-order valence-electron chi connectivity index (χ3n) is 6.96. The molecule has 4 rings (SSSR count). The highest BCUT2D eigenvalue weighted by Gasteiger charge is 2.38. The van der Waals surface area contributed by atoms with Crippen molar-refractivity contribution in [3.63, 3.8) is 0 Å². The highest BCUT2D eigenvalue weighted by Crippen LogP contribution is 2.24. The van der Waals surface area contributed by atoms with Crippen molar-refractivity contribution < 1.29 is 28.5 Å². The van der Waals surface area contributed by atoms with Gasteiger partial charge in [0, 0.05) is 13.5 Å². The van der Waals surface area contributed by atoms with Crippen LogP contribution >= 0.6 is 0 Å². The summed E-state index contributed by atoms with van der Waals surface area (Å²) in [6, 6.07) is 39.8. The minimum atomic E-state index is -0.631. The summed E-state index contributed by atoms with van der Waals surface area (Å²) in [5.41, 5.74) is 4.09. The van der Waals surface area contributed by atoms with Gasteiger partial charge in [0.2, 0.25) is 0 Å². The number of ether oxygens (including phenoxy) is 5. The van der Waals surface area contributed by atoms with Gasteiger partial charge < -0.3 is 28.5 Å². The van der Waals surface area contributed by atoms with Crippen LogP contribution in [0.25, 0.3) is 0 Å². The minimum Gasteiger partial charge on any atom is -0.376 e. The predicted octanol–water partition coefficient (Wildman–Crippen LogP) is 6.56. The normalized spacial score (nSPS) is 14.1. The summed E-state index contributed by atoms with van der Waals surface area (Å²) < 4.78 is 31.7. The molecule has 0 heterocycles. The number of carbonyl (C=O) groups is 1. The first-order valence-electron chi connectivity index (χ1n) is 14.3. The molecule has 0 aromatic heterocycles. The number of methoxy groups -OCH3 is 1. The fourth-order valence-electron chi connectivity index (χ4n) is 4.69. The molecule has 0 aliphatic heterocycles. The lowest BCUT2D eigenvalue weighted by molar-refractivity contribution is -0.193. The van der Waals surface area contributed by atoms with Crippen LogP contribution in [0, 0.1) is 0 Å². The van der Waals surface area contributed by atoms with Gasteiger partial charge in [-0.25, -0.2) is 0 Å².